The predicted molar refractivity (Wildman–Crippen MR) is 115 cm³/mol. The third kappa shape index (κ3) is 3.47. The molecule has 0 saturated carbocycles. The number of methoxy groups -OCH3 is 3. The largest absolute Gasteiger partial charge is 0.496 e. The first kappa shape index (κ1) is 20.2. The van der Waals surface area contributed by atoms with Crippen molar-refractivity contribution >= 4 is 28.6 Å². The Labute approximate surface area is 177 Å². The molecule has 8 heteroatoms. The van der Waals surface area contributed by atoms with Crippen molar-refractivity contribution < 1.29 is 23.4 Å². The molecule has 1 atom stereocenters. The zero-order valence-corrected chi connectivity index (χ0v) is 17.7. The third-order valence-electron chi connectivity index (χ3n) is 5.03. The highest BCUT2D eigenvalue weighted by atomic mass is 32.2. The van der Waals surface area contributed by atoms with Crippen molar-refractivity contribution in [2.75, 3.05) is 33.6 Å². The van der Waals surface area contributed by atoms with Crippen LogP contribution < -0.4 is 19.8 Å². The molecule has 0 radical (unpaired) electrons. The predicted octanol–water partition coefficient (Wildman–Crippen LogP) is 3.71. The van der Waals surface area contributed by atoms with Gasteiger partial charge in [-0.1, -0.05) is 18.2 Å². The summed E-state index contributed by atoms with van der Waals surface area (Å²) in [6.45, 7) is 0.498. The standard InChI is InChI=1S/C22H21NO6S/c1-26-17-12-19(28-3)18(27-2)11-14(17)21-23(8-9-30-21)20(24)15-10-13-6-4-5-7-16(13)29-22(15)25/h4-7,10-12,21H,8-9H2,1-3H3. The molecule has 0 spiro atoms. The Kier molecular flexibility index (Phi) is 5.59. The van der Waals surface area contributed by atoms with Gasteiger partial charge in [0, 0.05) is 29.3 Å². The van der Waals surface area contributed by atoms with Crippen LogP contribution in [0.15, 0.2) is 51.7 Å². The Hall–Kier alpha value is -3.13. The molecule has 4 rings (SSSR count). The van der Waals surface area contributed by atoms with Crippen molar-refractivity contribution in [1.82, 2.24) is 4.90 Å². The van der Waals surface area contributed by atoms with Crippen LogP contribution in [-0.4, -0.2) is 44.4 Å². The molecule has 1 unspecified atom stereocenters. The highest BCUT2D eigenvalue weighted by Gasteiger charge is 2.35. The molecule has 1 aliphatic rings. The third-order valence-corrected chi connectivity index (χ3v) is 6.27. The van der Waals surface area contributed by atoms with E-state index in [-0.39, 0.29) is 16.8 Å². The highest BCUT2D eigenvalue weighted by molar-refractivity contribution is 7.99. The van der Waals surface area contributed by atoms with Crippen LogP contribution in [0.5, 0.6) is 17.2 Å². The second-order valence-electron chi connectivity index (χ2n) is 6.66. The second kappa shape index (κ2) is 8.31. The topological polar surface area (TPSA) is 78.2 Å². The van der Waals surface area contributed by atoms with E-state index in [0.717, 1.165) is 11.3 Å². The normalized spacial score (nSPS) is 16.0. The van der Waals surface area contributed by atoms with Crippen LogP contribution >= 0.6 is 11.8 Å². The molecule has 0 aliphatic carbocycles. The fourth-order valence-electron chi connectivity index (χ4n) is 3.55. The van der Waals surface area contributed by atoms with E-state index in [9.17, 15) is 9.59 Å². The van der Waals surface area contributed by atoms with Gasteiger partial charge >= 0.3 is 5.63 Å². The molecule has 1 fully saturated rings. The lowest BCUT2D eigenvalue weighted by Crippen LogP contribution is -2.33. The van der Waals surface area contributed by atoms with Crippen LogP contribution in [0, 0.1) is 0 Å². The van der Waals surface area contributed by atoms with Crippen LogP contribution in [0.25, 0.3) is 11.0 Å². The van der Waals surface area contributed by atoms with Gasteiger partial charge in [-0.3, -0.25) is 4.79 Å². The van der Waals surface area contributed by atoms with Crippen LogP contribution in [0.1, 0.15) is 21.3 Å². The van der Waals surface area contributed by atoms with E-state index >= 15 is 0 Å². The number of carbonyl (C=O) groups excluding carboxylic acids is 1. The summed E-state index contributed by atoms with van der Waals surface area (Å²) in [7, 11) is 4.67. The lowest BCUT2D eigenvalue weighted by molar-refractivity contribution is 0.0755. The molecule has 1 saturated heterocycles. The van der Waals surface area contributed by atoms with E-state index in [1.165, 1.54) is 0 Å². The van der Waals surface area contributed by atoms with Gasteiger partial charge in [-0.25, -0.2) is 4.79 Å². The van der Waals surface area contributed by atoms with Gasteiger partial charge in [0.1, 0.15) is 22.3 Å². The molecule has 0 N–H and O–H groups in total. The minimum Gasteiger partial charge on any atom is -0.496 e. The van der Waals surface area contributed by atoms with Gasteiger partial charge in [-0.05, 0) is 18.2 Å². The van der Waals surface area contributed by atoms with Gasteiger partial charge < -0.3 is 23.5 Å². The Morgan fingerprint density at radius 2 is 1.73 bits per heavy atom. The van der Waals surface area contributed by atoms with E-state index in [2.05, 4.69) is 0 Å². The first-order chi connectivity index (χ1) is 14.6. The average Bonchev–Trinajstić information content (AvgIpc) is 3.26. The SMILES string of the molecule is COc1cc(OC)c(C2SCCN2C(=O)c2cc3ccccc3oc2=O)cc1OC. The minimum atomic E-state index is -0.645. The molecule has 2 aromatic carbocycles. The Balaban J connectivity index is 1.75. The van der Waals surface area contributed by atoms with Crippen molar-refractivity contribution in [3.63, 3.8) is 0 Å². The molecule has 2 heterocycles. The zero-order chi connectivity index (χ0) is 21.3. The molecule has 7 nitrogen and oxygen atoms in total. The number of thioether (sulfide) groups is 1. The van der Waals surface area contributed by atoms with Gasteiger partial charge in [0.25, 0.3) is 5.91 Å². The first-order valence-electron chi connectivity index (χ1n) is 9.32. The fourth-order valence-corrected chi connectivity index (χ4v) is 4.82. The number of nitrogens with zero attached hydrogens (tertiary/aromatic N) is 1. The van der Waals surface area contributed by atoms with Gasteiger partial charge in [-0.15, -0.1) is 11.8 Å². The number of carbonyl (C=O) groups is 1. The second-order valence-corrected chi connectivity index (χ2v) is 7.84. The molecule has 3 aromatic rings. The molecule has 1 aromatic heterocycles. The van der Waals surface area contributed by atoms with Crippen molar-refractivity contribution in [1.29, 1.82) is 0 Å². The molecular formula is C22H21NO6S. The average molecular weight is 427 g/mol. The van der Waals surface area contributed by atoms with Gasteiger partial charge in [0.2, 0.25) is 0 Å². The number of benzene rings is 2. The van der Waals surface area contributed by atoms with Crippen LogP contribution in [-0.2, 0) is 0 Å². The number of hydrogen-bond acceptors (Lipinski definition) is 7. The Bertz CT molecular complexity index is 1160. The highest BCUT2D eigenvalue weighted by Crippen LogP contribution is 2.46. The Morgan fingerprint density at radius 3 is 2.47 bits per heavy atom. The summed E-state index contributed by atoms with van der Waals surface area (Å²) in [6, 6.07) is 12.3. The van der Waals surface area contributed by atoms with E-state index in [1.54, 1.807) is 62.3 Å². The smallest absolute Gasteiger partial charge is 0.349 e. The summed E-state index contributed by atoms with van der Waals surface area (Å²) in [4.78, 5) is 27.5. The van der Waals surface area contributed by atoms with Crippen LogP contribution in [0.4, 0.5) is 0 Å². The number of amides is 1. The molecular weight excluding hydrogens is 406 g/mol. The lowest BCUT2D eigenvalue weighted by Gasteiger charge is -2.26. The summed E-state index contributed by atoms with van der Waals surface area (Å²) >= 11 is 1.59. The summed E-state index contributed by atoms with van der Waals surface area (Å²) < 4.78 is 21.7. The summed E-state index contributed by atoms with van der Waals surface area (Å²) in [5.41, 5.74) is 0.596. The van der Waals surface area contributed by atoms with E-state index < -0.39 is 5.63 Å². The minimum absolute atomic E-state index is 0.0145. The van der Waals surface area contributed by atoms with Crippen molar-refractivity contribution in [3.05, 3.63) is 64.0 Å². The van der Waals surface area contributed by atoms with Crippen molar-refractivity contribution in [3.8, 4) is 17.2 Å². The quantitative estimate of drug-likeness (QED) is 0.575. The maximum absolute atomic E-state index is 13.3. The fraction of sp³-hybridized carbons (Fsp3) is 0.273. The summed E-state index contributed by atoms with van der Waals surface area (Å²) in [5.74, 6) is 2.01. The van der Waals surface area contributed by atoms with Gasteiger partial charge in [-0.2, -0.15) is 0 Å². The number of para-hydroxylation sites is 1. The molecule has 1 amide bonds. The number of hydrogen-bond donors (Lipinski definition) is 0. The Morgan fingerprint density at radius 1 is 1.03 bits per heavy atom. The lowest BCUT2D eigenvalue weighted by atomic mass is 10.1. The zero-order valence-electron chi connectivity index (χ0n) is 16.8. The van der Waals surface area contributed by atoms with E-state index in [1.807, 2.05) is 18.2 Å². The first-order valence-corrected chi connectivity index (χ1v) is 10.4. The van der Waals surface area contributed by atoms with Crippen LogP contribution in [0.2, 0.25) is 0 Å². The summed E-state index contributed by atoms with van der Waals surface area (Å²) in [6.07, 6.45) is 0. The van der Waals surface area contributed by atoms with E-state index in [0.29, 0.717) is 34.8 Å². The van der Waals surface area contributed by atoms with Crippen molar-refractivity contribution in [2.45, 2.75) is 5.37 Å². The van der Waals surface area contributed by atoms with Gasteiger partial charge in [0.05, 0.1) is 21.3 Å². The molecule has 156 valence electrons. The van der Waals surface area contributed by atoms with E-state index in [4.69, 9.17) is 18.6 Å². The van der Waals surface area contributed by atoms with Crippen molar-refractivity contribution in [2.24, 2.45) is 0 Å². The maximum Gasteiger partial charge on any atom is 0.349 e. The number of ether oxygens (including phenoxy) is 3. The maximum atomic E-state index is 13.3. The monoisotopic (exact) mass is 427 g/mol. The molecule has 30 heavy (non-hydrogen) atoms. The van der Waals surface area contributed by atoms with Crippen LogP contribution in [0.3, 0.4) is 0 Å². The summed E-state index contributed by atoms with van der Waals surface area (Å²) in [5, 5.41) is 0.366. The number of rotatable bonds is 5. The number of fused-ring (bicyclic) bond motifs is 1. The molecule has 0 bridgehead atoms. The molecule has 1 aliphatic heterocycles. The van der Waals surface area contributed by atoms with Gasteiger partial charge in [0.15, 0.2) is 11.5 Å².